The van der Waals surface area contributed by atoms with Gasteiger partial charge in [0.15, 0.2) is 0 Å². The minimum atomic E-state index is -3.49. The second kappa shape index (κ2) is 5.00. The Morgan fingerprint density at radius 2 is 2.11 bits per heavy atom. The molecule has 18 heavy (non-hydrogen) atoms. The number of sulfonamides is 1. The summed E-state index contributed by atoms with van der Waals surface area (Å²) in [4.78, 5) is 0. The van der Waals surface area contributed by atoms with Gasteiger partial charge in [0.05, 0.1) is 19.8 Å². The molecule has 1 aromatic rings. The third-order valence-electron chi connectivity index (χ3n) is 2.92. The van der Waals surface area contributed by atoms with E-state index >= 15 is 0 Å². The first kappa shape index (κ1) is 13.5. The Bertz CT molecular complexity index is 505. The number of nitrogens with one attached hydrogen (secondary N) is 2. The first-order chi connectivity index (χ1) is 8.45. The number of hydrogen-bond acceptors (Lipinski definition) is 5. The molecule has 0 unspecified atom stereocenters. The molecular formula is C11H18N2O4S. The molecule has 0 aliphatic carbocycles. The zero-order valence-electron chi connectivity index (χ0n) is 10.5. The Balaban J connectivity index is 1.87. The van der Waals surface area contributed by atoms with Crippen molar-refractivity contribution in [3.63, 3.8) is 0 Å². The van der Waals surface area contributed by atoms with Gasteiger partial charge in [0.2, 0.25) is 5.09 Å². The van der Waals surface area contributed by atoms with E-state index in [1.807, 2.05) is 0 Å². The fraction of sp³-hybridized carbons (Fsp3) is 0.636. The maximum Gasteiger partial charge on any atom is 0.273 e. The summed E-state index contributed by atoms with van der Waals surface area (Å²) in [5.74, 6) is 0.604. The van der Waals surface area contributed by atoms with Crippen LogP contribution < -0.4 is 10.0 Å². The highest BCUT2D eigenvalue weighted by Gasteiger charge is 2.32. The van der Waals surface area contributed by atoms with Crippen molar-refractivity contribution < 1.29 is 17.6 Å². The van der Waals surface area contributed by atoms with Gasteiger partial charge in [-0.15, -0.1) is 0 Å². The monoisotopic (exact) mass is 274 g/mol. The Morgan fingerprint density at radius 1 is 1.39 bits per heavy atom. The van der Waals surface area contributed by atoms with Gasteiger partial charge in [-0.1, -0.05) is 6.92 Å². The van der Waals surface area contributed by atoms with Crippen molar-refractivity contribution in [3.8, 4) is 0 Å². The van der Waals surface area contributed by atoms with Crippen LogP contribution in [0.3, 0.4) is 0 Å². The molecule has 1 aromatic heterocycles. The van der Waals surface area contributed by atoms with Crippen molar-refractivity contribution in [3.05, 3.63) is 17.9 Å². The first-order valence-electron chi connectivity index (χ1n) is 5.76. The van der Waals surface area contributed by atoms with E-state index in [4.69, 9.17) is 9.15 Å². The third-order valence-corrected chi connectivity index (χ3v) is 4.21. The van der Waals surface area contributed by atoms with Gasteiger partial charge in [-0.2, -0.15) is 0 Å². The smallest absolute Gasteiger partial charge is 0.273 e. The van der Waals surface area contributed by atoms with Gasteiger partial charge in [-0.25, -0.2) is 13.1 Å². The van der Waals surface area contributed by atoms with E-state index in [-0.39, 0.29) is 10.5 Å². The molecule has 0 atom stereocenters. The van der Waals surface area contributed by atoms with Crippen LogP contribution in [0.2, 0.25) is 0 Å². The Labute approximate surface area is 107 Å². The summed E-state index contributed by atoms with van der Waals surface area (Å²) in [7, 11) is -2.13. The predicted octanol–water partition coefficient (Wildman–Crippen LogP) is 0.314. The normalized spacial score (nSPS) is 18.6. The van der Waals surface area contributed by atoms with Crippen molar-refractivity contribution in [1.82, 2.24) is 10.0 Å². The molecule has 102 valence electrons. The van der Waals surface area contributed by atoms with Crippen LogP contribution in [-0.4, -0.2) is 35.2 Å². The average Bonchev–Trinajstić information content (AvgIpc) is 2.76. The fourth-order valence-corrected chi connectivity index (χ4v) is 2.40. The maximum atomic E-state index is 11.5. The topological polar surface area (TPSA) is 80.6 Å². The molecule has 0 saturated carbocycles. The molecular weight excluding hydrogens is 256 g/mol. The second-order valence-corrected chi connectivity index (χ2v) is 6.65. The van der Waals surface area contributed by atoms with Crippen LogP contribution in [0, 0.1) is 5.41 Å². The lowest BCUT2D eigenvalue weighted by atomic mass is 9.89. The van der Waals surface area contributed by atoms with E-state index in [9.17, 15) is 8.42 Å². The predicted molar refractivity (Wildman–Crippen MR) is 65.6 cm³/mol. The molecule has 1 saturated heterocycles. The molecule has 2 heterocycles. The summed E-state index contributed by atoms with van der Waals surface area (Å²) in [6.45, 7) is 4.99. The summed E-state index contributed by atoms with van der Waals surface area (Å²) in [6.07, 6.45) is 0. The van der Waals surface area contributed by atoms with Crippen LogP contribution in [0.25, 0.3) is 0 Å². The van der Waals surface area contributed by atoms with Gasteiger partial charge in [-0.3, -0.25) is 0 Å². The zero-order chi connectivity index (χ0) is 13.2. The van der Waals surface area contributed by atoms with E-state index in [0.29, 0.717) is 12.3 Å². The fourth-order valence-electron chi connectivity index (χ4n) is 1.74. The van der Waals surface area contributed by atoms with Crippen molar-refractivity contribution in [2.45, 2.75) is 18.6 Å². The highest BCUT2D eigenvalue weighted by molar-refractivity contribution is 7.89. The lowest BCUT2D eigenvalue weighted by Gasteiger charge is -2.38. The summed E-state index contributed by atoms with van der Waals surface area (Å²) < 4.78 is 35.5. The van der Waals surface area contributed by atoms with Crippen LogP contribution in [0.1, 0.15) is 12.7 Å². The quantitative estimate of drug-likeness (QED) is 0.780. The summed E-state index contributed by atoms with van der Waals surface area (Å²) >= 11 is 0. The Kier molecular flexibility index (Phi) is 3.76. The first-order valence-corrected chi connectivity index (χ1v) is 7.24. The molecule has 1 aliphatic heterocycles. The molecule has 1 fully saturated rings. The minimum absolute atomic E-state index is 0.0556. The molecule has 7 heteroatoms. The third kappa shape index (κ3) is 2.92. The SMILES string of the molecule is CNS(=O)(=O)c1ccc(CNCC2(C)COC2)o1. The van der Waals surface area contributed by atoms with Crippen molar-refractivity contribution in [1.29, 1.82) is 0 Å². The van der Waals surface area contributed by atoms with Gasteiger partial charge in [-0.05, 0) is 19.2 Å². The molecule has 0 radical (unpaired) electrons. The largest absolute Gasteiger partial charge is 0.447 e. The Hall–Kier alpha value is -0.890. The molecule has 2 N–H and O–H groups in total. The van der Waals surface area contributed by atoms with Gasteiger partial charge >= 0.3 is 0 Å². The molecule has 1 aliphatic rings. The lowest BCUT2D eigenvalue weighted by molar-refractivity contribution is -0.0992. The molecule has 0 amide bonds. The van der Waals surface area contributed by atoms with Crippen molar-refractivity contribution in [2.24, 2.45) is 5.41 Å². The van der Waals surface area contributed by atoms with Gasteiger partial charge in [0.1, 0.15) is 5.76 Å². The molecule has 2 rings (SSSR count). The van der Waals surface area contributed by atoms with Crippen LogP contribution in [0.5, 0.6) is 0 Å². The summed E-state index contributed by atoms with van der Waals surface area (Å²) in [5, 5.41) is 3.18. The van der Waals surface area contributed by atoms with Gasteiger partial charge in [0, 0.05) is 12.0 Å². The highest BCUT2D eigenvalue weighted by Crippen LogP contribution is 2.25. The van der Waals surface area contributed by atoms with Gasteiger partial charge < -0.3 is 14.5 Å². The second-order valence-electron chi connectivity index (χ2n) is 4.84. The number of furan rings is 1. The van der Waals surface area contributed by atoms with Crippen LogP contribution in [-0.2, 0) is 21.3 Å². The van der Waals surface area contributed by atoms with Crippen molar-refractivity contribution in [2.75, 3.05) is 26.8 Å². The number of ether oxygens (including phenoxy) is 1. The summed E-state index contributed by atoms with van der Waals surface area (Å²) in [6, 6.07) is 3.12. The van der Waals surface area contributed by atoms with E-state index in [1.165, 1.54) is 13.1 Å². The molecule has 0 bridgehead atoms. The van der Waals surface area contributed by atoms with E-state index < -0.39 is 10.0 Å². The van der Waals surface area contributed by atoms with E-state index in [1.54, 1.807) is 6.07 Å². The summed E-state index contributed by atoms with van der Waals surface area (Å²) in [5.41, 5.74) is 0.187. The molecule has 0 spiro atoms. The zero-order valence-corrected chi connectivity index (χ0v) is 11.3. The van der Waals surface area contributed by atoms with E-state index in [2.05, 4.69) is 17.0 Å². The Morgan fingerprint density at radius 3 is 2.67 bits per heavy atom. The maximum absolute atomic E-state index is 11.5. The average molecular weight is 274 g/mol. The lowest BCUT2D eigenvalue weighted by Crippen LogP contribution is -2.47. The number of hydrogen-bond donors (Lipinski definition) is 2. The molecule has 6 nitrogen and oxygen atoms in total. The van der Waals surface area contributed by atoms with Crippen LogP contribution >= 0.6 is 0 Å². The standard InChI is InChI=1S/C11H18N2O4S/c1-11(7-16-8-11)6-13-5-9-3-4-10(17-9)18(14,15)12-2/h3-4,12-13H,5-8H2,1-2H3. The molecule has 0 aromatic carbocycles. The van der Waals surface area contributed by atoms with Crippen LogP contribution in [0.15, 0.2) is 21.6 Å². The minimum Gasteiger partial charge on any atom is -0.447 e. The van der Waals surface area contributed by atoms with Gasteiger partial charge in [0.25, 0.3) is 10.0 Å². The van der Waals surface area contributed by atoms with E-state index in [0.717, 1.165) is 19.8 Å². The number of rotatable bonds is 6. The highest BCUT2D eigenvalue weighted by atomic mass is 32.2. The van der Waals surface area contributed by atoms with Crippen LogP contribution in [0.4, 0.5) is 0 Å². The van der Waals surface area contributed by atoms with Crippen molar-refractivity contribution >= 4 is 10.0 Å².